The average molecular weight is 456 g/mol. The molecule has 7 nitrogen and oxygen atoms in total. The number of imide groups is 2. The molecule has 34 heavy (non-hydrogen) atoms. The Morgan fingerprint density at radius 2 is 1.59 bits per heavy atom. The predicted molar refractivity (Wildman–Crippen MR) is 127 cm³/mol. The zero-order valence-electron chi connectivity index (χ0n) is 18.9. The molecule has 1 aliphatic heterocycles. The van der Waals surface area contributed by atoms with Gasteiger partial charge in [-0.2, -0.15) is 0 Å². The van der Waals surface area contributed by atoms with Gasteiger partial charge in [0.1, 0.15) is 11.7 Å². The number of ether oxygens (including phenoxy) is 2. The SMILES string of the molecule is COc1cc(/C=C2\C(=O)NC(=O)N(Cc3ccccc3)C2=O)ccc1OC(C)c1ccccc1. The van der Waals surface area contributed by atoms with Crippen LogP contribution in [0.3, 0.4) is 0 Å². The minimum atomic E-state index is -0.743. The second kappa shape index (κ2) is 10.0. The molecule has 7 heteroatoms. The standard InChI is InChI=1S/C27H24N2O5/c1-18(21-11-7-4-8-12-21)34-23-14-13-20(16-24(23)33-2)15-22-25(30)28-27(32)29(26(22)31)17-19-9-5-3-6-10-19/h3-16,18H,17H2,1-2H3,(H,28,30,32)/b22-15+. The Bertz CT molecular complexity index is 1240. The van der Waals surface area contributed by atoms with Crippen molar-refractivity contribution in [2.45, 2.75) is 19.6 Å². The quantitative estimate of drug-likeness (QED) is 0.418. The maximum absolute atomic E-state index is 13.0. The zero-order chi connectivity index (χ0) is 24.1. The van der Waals surface area contributed by atoms with E-state index in [0.29, 0.717) is 17.1 Å². The number of rotatable bonds is 7. The van der Waals surface area contributed by atoms with Gasteiger partial charge in [-0.15, -0.1) is 0 Å². The summed E-state index contributed by atoms with van der Waals surface area (Å²) in [5.41, 5.74) is 2.21. The van der Waals surface area contributed by atoms with Crippen LogP contribution in [0, 0.1) is 0 Å². The van der Waals surface area contributed by atoms with Crippen molar-refractivity contribution < 1.29 is 23.9 Å². The topological polar surface area (TPSA) is 84.9 Å². The first kappa shape index (κ1) is 22.8. The van der Waals surface area contributed by atoms with Crippen LogP contribution in [0.4, 0.5) is 4.79 Å². The molecule has 3 aromatic carbocycles. The maximum Gasteiger partial charge on any atom is 0.331 e. The molecule has 1 atom stereocenters. The van der Waals surface area contributed by atoms with Crippen molar-refractivity contribution in [1.29, 1.82) is 0 Å². The normalized spacial score (nSPS) is 15.8. The van der Waals surface area contributed by atoms with Gasteiger partial charge in [0.15, 0.2) is 11.5 Å². The van der Waals surface area contributed by atoms with Crippen molar-refractivity contribution in [2.75, 3.05) is 7.11 Å². The molecule has 3 aromatic rings. The highest BCUT2D eigenvalue weighted by atomic mass is 16.5. The minimum absolute atomic E-state index is 0.0591. The minimum Gasteiger partial charge on any atom is -0.493 e. The van der Waals surface area contributed by atoms with E-state index >= 15 is 0 Å². The molecule has 1 N–H and O–H groups in total. The monoisotopic (exact) mass is 456 g/mol. The highest BCUT2D eigenvalue weighted by Crippen LogP contribution is 2.33. The Kier molecular flexibility index (Phi) is 6.73. The number of amides is 4. The third-order valence-electron chi connectivity index (χ3n) is 5.44. The molecular weight excluding hydrogens is 432 g/mol. The van der Waals surface area contributed by atoms with Gasteiger partial charge in [-0.1, -0.05) is 66.7 Å². The van der Waals surface area contributed by atoms with Crippen LogP contribution < -0.4 is 14.8 Å². The first-order valence-corrected chi connectivity index (χ1v) is 10.8. The summed E-state index contributed by atoms with van der Waals surface area (Å²) in [5.74, 6) is -0.412. The van der Waals surface area contributed by atoms with E-state index in [1.807, 2.05) is 55.5 Å². The number of hydrogen-bond acceptors (Lipinski definition) is 5. The summed E-state index contributed by atoms with van der Waals surface area (Å²) >= 11 is 0. The summed E-state index contributed by atoms with van der Waals surface area (Å²) in [6.45, 7) is 2.00. The summed E-state index contributed by atoms with van der Waals surface area (Å²) in [5, 5.41) is 2.24. The molecule has 1 fully saturated rings. The van der Waals surface area contributed by atoms with E-state index in [-0.39, 0.29) is 18.2 Å². The molecule has 1 aliphatic rings. The lowest BCUT2D eigenvalue weighted by molar-refractivity contribution is -0.130. The van der Waals surface area contributed by atoms with Gasteiger partial charge in [-0.3, -0.25) is 19.8 Å². The van der Waals surface area contributed by atoms with Gasteiger partial charge in [0.25, 0.3) is 11.8 Å². The molecule has 0 aromatic heterocycles. The lowest BCUT2D eigenvalue weighted by Gasteiger charge is -2.26. The van der Waals surface area contributed by atoms with Gasteiger partial charge >= 0.3 is 6.03 Å². The number of hydrogen-bond donors (Lipinski definition) is 1. The fraction of sp³-hybridized carbons (Fsp3) is 0.148. The summed E-state index contributed by atoms with van der Waals surface area (Å²) in [4.78, 5) is 38.7. The number of methoxy groups -OCH3 is 1. The van der Waals surface area contributed by atoms with E-state index in [4.69, 9.17) is 9.47 Å². The first-order chi connectivity index (χ1) is 16.5. The predicted octanol–water partition coefficient (Wildman–Crippen LogP) is 4.50. The molecular formula is C27H24N2O5. The van der Waals surface area contributed by atoms with Gasteiger partial charge in [0.05, 0.1) is 13.7 Å². The van der Waals surface area contributed by atoms with E-state index in [2.05, 4.69) is 5.32 Å². The summed E-state index contributed by atoms with van der Waals surface area (Å²) < 4.78 is 11.5. The second-order valence-electron chi connectivity index (χ2n) is 7.78. The van der Waals surface area contributed by atoms with Gasteiger partial charge in [-0.05, 0) is 41.8 Å². The van der Waals surface area contributed by atoms with Crippen molar-refractivity contribution >= 4 is 23.9 Å². The van der Waals surface area contributed by atoms with E-state index in [1.165, 1.54) is 13.2 Å². The van der Waals surface area contributed by atoms with Crippen LogP contribution in [-0.4, -0.2) is 29.9 Å². The Labute approximate surface area is 197 Å². The van der Waals surface area contributed by atoms with Crippen molar-refractivity contribution in [3.63, 3.8) is 0 Å². The van der Waals surface area contributed by atoms with E-state index in [0.717, 1.165) is 16.0 Å². The number of nitrogens with one attached hydrogen (secondary N) is 1. The molecule has 0 radical (unpaired) electrons. The third-order valence-corrected chi connectivity index (χ3v) is 5.44. The second-order valence-corrected chi connectivity index (χ2v) is 7.78. The molecule has 1 saturated heterocycles. The number of carbonyl (C=O) groups is 3. The molecule has 1 unspecified atom stereocenters. The summed E-state index contributed by atoms with van der Waals surface area (Å²) in [6, 6.07) is 23.3. The fourth-order valence-corrected chi connectivity index (χ4v) is 3.62. The summed E-state index contributed by atoms with van der Waals surface area (Å²) in [6.07, 6.45) is 1.23. The first-order valence-electron chi connectivity index (χ1n) is 10.8. The van der Waals surface area contributed by atoms with E-state index in [9.17, 15) is 14.4 Å². The van der Waals surface area contributed by atoms with Crippen molar-refractivity contribution in [3.8, 4) is 11.5 Å². The Morgan fingerprint density at radius 1 is 0.912 bits per heavy atom. The van der Waals surface area contributed by atoms with Crippen molar-refractivity contribution in [3.05, 3.63) is 101 Å². The van der Waals surface area contributed by atoms with Gasteiger partial charge in [0, 0.05) is 0 Å². The van der Waals surface area contributed by atoms with Crippen LogP contribution in [0.1, 0.15) is 29.7 Å². The summed E-state index contributed by atoms with van der Waals surface area (Å²) in [7, 11) is 1.52. The Balaban J connectivity index is 1.57. The number of urea groups is 1. The maximum atomic E-state index is 13.0. The molecule has 0 aliphatic carbocycles. The Morgan fingerprint density at radius 3 is 2.26 bits per heavy atom. The number of nitrogens with zero attached hydrogens (tertiary/aromatic N) is 1. The van der Waals surface area contributed by atoms with Crippen molar-refractivity contribution in [1.82, 2.24) is 10.2 Å². The van der Waals surface area contributed by atoms with E-state index in [1.54, 1.807) is 30.3 Å². The molecule has 4 rings (SSSR count). The fourth-order valence-electron chi connectivity index (χ4n) is 3.62. The zero-order valence-corrected chi connectivity index (χ0v) is 18.9. The highest BCUT2D eigenvalue weighted by molar-refractivity contribution is 6.30. The molecule has 0 bridgehead atoms. The smallest absolute Gasteiger partial charge is 0.331 e. The third kappa shape index (κ3) is 4.99. The van der Waals surface area contributed by atoms with Crippen molar-refractivity contribution in [2.24, 2.45) is 0 Å². The lowest BCUT2D eigenvalue weighted by Crippen LogP contribution is -2.53. The number of carbonyl (C=O) groups excluding carboxylic acids is 3. The van der Waals surface area contributed by atoms with E-state index < -0.39 is 17.8 Å². The van der Waals surface area contributed by atoms with Crippen LogP contribution in [-0.2, 0) is 16.1 Å². The van der Waals surface area contributed by atoms with Crippen LogP contribution in [0.5, 0.6) is 11.5 Å². The number of barbiturate groups is 1. The molecule has 0 spiro atoms. The molecule has 4 amide bonds. The molecule has 1 heterocycles. The van der Waals surface area contributed by atoms with Crippen LogP contribution in [0.15, 0.2) is 84.4 Å². The lowest BCUT2D eigenvalue weighted by atomic mass is 10.1. The average Bonchev–Trinajstić information content (AvgIpc) is 2.86. The van der Waals surface area contributed by atoms with Crippen LogP contribution >= 0.6 is 0 Å². The van der Waals surface area contributed by atoms with Crippen LogP contribution in [0.25, 0.3) is 6.08 Å². The van der Waals surface area contributed by atoms with Gasteiger partial charge in [-0.25, -0.2) is 4.79 Å². The molecule has 172 valence electrons. The highest BCUT2D eigenvalue weighted by Gasteiger charge is 2.35. The number of benzene rings is 3. The van der Waals surface area contributed by atoms with Crippen LogP contribution in [0.2, 0.25) is 0 Å². The molecule has 0 saturated carbocycles. The largest absolute Gasteiger partial charge is 0.493 e. The van der Waals surface area contributed by atoms with Gasteiger partial charge < -0.3 is 9.47 Å². The van der Waals surface area contributed by atoms with Gasteiger partial charge in [0.2, 0.25) is 0 Å². The Hall–Kier alpha value is -4.39.